The van der Waals surface area contributed by atoms with Gasteiger partial charge in [0.15, 0.2) is 0 Å². The molecular weight excluding hydrogens is 305 g/mol. The summed E-state index contributed by atoms with van der Waals surface area (Å²) in [4.78, 5) is 4.11. The molecule has 2 rings (SSSR count). The standard InChI is InChI=1S/C16H16ClN3.ClH/c1-11(19)16(7-12-3-2-4-15(17)6-12)14-5-13(8-18)9-20-10-14;/h2-6,9-11,16H,7,19H2,1H3;1H. The van der Waals surface area contributed by atoms with E-state index in [-0.39, 0.29) is 24.4 Å². The predicted octanol–water partition coefficient (Wildman–Crippen LogP) is 3.70. The molecule has 0 amide bonds. The molecule has 0 saturated carbocycles. The lowest BCUT2D eigenvalue weighted by Crippen LogP contribution is -2.26. The molecule has 2 N–H and O–H groups in total. The Morgan fingerprint density at radius 1 is 1.33 bits per heavy atom. The normalized spacial score (nSPS) is 12.9. The zero-order valence-corrected chi connectivity index (χ0v) is 13.2. The summed E-state index contributed by atoms with van der Waals surface area (Å²) in [7, 11) is 0. The molecule has 2 atom stereocenters. The first kappa shape index (κ1) is 17.5. The number of hydrogen-bond donors (Lipinski definition) is 1. The minimum atomic E-state index is -0.0373. The number of nitrogens with two attached hydrogens (primary N) is 1. The first-order chi connectivity index (χ1) is 9.60. The Balaban J connectivity index is 0.00000220. The summed E-state index contributed by atoms with van der Waals surface area (Å²) in [5.74, 6) is 0.106. The highest BCUT2D eigenvalue weighted by Crippen LogP contribution is 2.25. The van der Waals surface area contributed by atoms with Crippen LogP contribution in [0.1, 0.15) is 29.5 Å². The van der Waals surface area contributed by atoms with Crippen molar-refractivity contribution in [3.05, 3.63) is 64.4 Å². The fourth-order valence-electron chi connectivity index (χ4n) is 2.25. The summed E-state index contributed by atoms with van der Waals surface area (Å²) >= 11 is 6.01. The summed E-state index contributed by atoms with van der Waals surface area (Å²) in [6, 6.07) is 11.7. The van der Waals surface area contributed by atoms with Crippen LogP contribution in [0.5, 0.6) is 0 Å². The molecule has 0 spiro atoms. The third-order valence-electron chi connectivity index (χ3n) is 3.30. The summed E-state index contributed by atoms with van der Waals surface area (Å²) < 4.78 is 0. The molecule has 1 heterocycles. The van der Waals surface area contributed by atoms with Gasteiger partial charge in [0.1, 0.15) is 6.07 Å². The highest BCUT2D eigenvalue weighted by Gasteiger charge is 2.18. The number of halogens is 2. The van der Waals surface area contributed by atoms with Gasteiger partial charge >= 0.3 is 0 Å². The second kappa shape index (κ2) is 7.99. The van der Waals surface area contributed by atoms with Crippen molar-refractivity contribution in [2.75, 3.05) is 0 Å². The predicted molar refractivity (Wildman–Crippen MR) is 87.7 cm³/mol. The molecule has 21 heavy (non-hydrogen) atoms. The lowest BCUT2D eigenvalue weighted by molar-refractivity contribution is 0.563. The Morgan fingerprint density at radius 3 is 2.71 bits per heavy atom. The van der Waals surface area contributed by atoms with E-state index in [2.05, 4.69) is 11.1 Å². The first-order valence-electron chi connectivity index (χ1n) is 6.45. The molecule has 0 aliphatic rings. The molecule has 0 fully saturated rings. The van der Waals surface area contributed by atoms with Gasteiger partial charge in [-0.1, -0.05) is 23.7 Å². The van der Waals surface area contributed by atoms with Gasteiger partial charge in [-0.05, 0) is 42.7 Å². The third kappa shape index (κ3) is 4.71. The van der Waals surface area contributed by atoms with E-state index in [1.54, 1.807) is 12.4 Å². The molecule has 110 valence electrons. The fourth-order valence-corrected chi connectivity index (χ4v) is 2.46. The molecule has 0 aliphatic carbocycles. The van der Waals surface area contributed by atoms with Gasteiger partial charge in [0, 0.05) is 29.4 Å². The summed E-state index contributed by atoms with van der Waals surface area (Å²) in [6.45, 7) is 1.97. The molecule has 0 bridgehead atoms. The minimum absolute atomic E-state index is 0. The SMILES string of the molecule is CC(N)C(Cc1cccc(Cl)c1)c1cncc(C#N)c1.Cl. The topological polar surface area (TPSA) is 62.7 Å². The molecular formula is C16H17Cl2N3. The van der Waals surface area contributed by atoms with Gasteiger partial charge in [-0.2, -0.15) is 5.26 Å². The third-order valence-corrected chi connectivity index (χ3v) is 3.53. The maximum Gasteiger partial charge on any atom is 0.101 e. The molecule has 0 radical (unpaired) electrons. The van der Waals surface area contributed by atoms with E-state index in [1.165, 1.54) is 0 Å². The van der Waals surface area contributed by atoms with Gasteiger partial charge in [-0.15, -0.1) is 12.4 Å². The van der Waals surface area contributed by atoms with E-state index in [4.69, 9.17) is 22.6 Å². The first-order valence-corrected chi connectivity index (χ1v) is 6.83. The molecule has 2 aromatic rings. The van der Waals surface area contributed by atoms with Crippen LogP contribution in [0.15, 0.2) is 42.7 Å². The maximum atomic E-state index is 8.97. The largest absolute Gasteiger partial charge is 0.327 e. The molecule has 2 unspecified atom stereocenters. The van der Waals surface area contributed by atoms with Crippen LogP contribution in [0.4, 0.5) is 0 Å². The number of nitrogens with zero attached hydrogens (tertiary/aromatic N) is 2. The lowest BCUT2D eigenvalue weighted by Gasteiger charge is -2.21. The van der Waals surface area contributed by atoms with Gasteiger partial charge in [0.05, 0.1) is 5.56 Å². The van der Waals surface area contributed by atoms with E-state index in [9.17, 15) is 0 Å². The minimum Gasteiger partial charge on any atom is -0.327 e. The van der Waals surface area contributed by atoms with Crippen molar-refractivity contribution in [1.82, 2.24) is 4.98 Å². The molecule has 5 heteroatoms. The van der Waals surface area contributed by atoms with E-state index in [0.717, 1.165) is 22.6 Å². The molecule has 0 saturated heterocycles. The van der Waals surface area contributed by atoms with Crippen LogP contribution in [0.2, 0.25) is 5.02 Å². The number of hydrogen-bond acceptors (Lipinski definition) is 3. The second-order valence-corrected chi connectivity index (χ2v) is 5.35. The molecule has 3 nitrogen and oxygen atoms in total. The zero-order valence-electron chi connectivity index (χ0n) is 11.7. The van der Waals surface area contributed by atoms with Crippen LogP contribution in [-0.4, -0.2) is 11.0 Å². The van der Waals surface area contributed by atoms with Gasteiger partial charge in [-0.3, -0.25) is 4.98 Å². The number of aromatic nitrogens is 1. The number of benzene rings is 1. The van der Waals surface area contributed by atoms with Gasteiger partial charge in [0.25, 0.3) is 0 Å². The average Bonchev–Trinajstić information content (AvgIpc) is 2.44. The van der Waals surface area contributed by atoms with Gasteiger partial charge < -0.3 is 5.73 Å². The summed E-state index contributed by atoms with van der Waals surface area (Å²) in [5, 5.41) is 9.69. The maximum absolute atomic E-state index is 8.97. The zero-order chi connectivity index (χ0) is 14.5. The van der Waals surface area contributed by atoms with E-state index >= 15 is 0 Å². The van der Waals surface area contributed by atoms with Crippen molar-refractivity contribution in [2.45, 2.75) is 25.3 Å². The number of pyridine rings is 1. The monoisotopic (exact) mass is 321 g/mol. The van der Waals surface area contributed by atoms with Crippen LogP contribution in [0.25, 0.3) is 0 Å². The Morgan fingerprint density at radius 2 is 2.10 bits per heavy atom. The summed E-state index contributed by atoms with van der Waals surface area (Å²) in [5.41, 5.74) is 8.77. The van der Waals surface area contributed by atoms with Crippen LogP contribution in [0.3, 0.4) is 0 Å². The van der Waals surface area contributed by atoms with E-state index in [1.807, 2.05) is 37.3 Å². The van der Waals surface area contributed by atoms with Crippen molar-refractivity contribution in [1.29, 1.82) is 5.26 Å². The molecule has 1 aromatic carbocycles. The van der Waals surface area contributed by atoms with Crippen molar-refractivity contribution in [2.24, 2.45) is 5.73 Å². The van der Waals surface area contributed by atoms with Crippen LogP contribution >= 0.6 is 24.0 Å². The van der Waals surface area contributed by atoms with Crippen molar-refractivity contribution in [3.63, 3.8) is 0 Å². The van der Waals surface area contributed by atoms with Crippen LogP contribution in [-0.2, 0) is 6.42 Å². The molecule has 0 aliphatic heterocycles. The Kier molecular flexibility index (Phi) is 6.64. The van der Waals surface area contributed by atoms with Gasteiger partial charge in [-0.25, -0.2) is 0 Å². The highest BCUT2D eigenvalue weighted by atomic mass is 35.5. The second-order valence-electron chi connectivity index (χ2n) is 4.92. The van der Waals surface area contributed by atoms with Crippen molar-refractivity contribution in [3.8, 4) is 6.07 Å². The highest BCUT2D eigenvalue weighted by molar-refractivity contribution is 6.30. The van der Waals surface area contributed by atoms with Crippen LogP contribution in [0, 0.1) is 11.3 Å². The van der Waals surface area contributed by atoms with Gasteiger partial charge in [0.2, 0.25) is 0 Å². The number of rotatable bonds is 4. The van der Waals surface area contributed by atoms with Crippen LogP contribution < -0.4 is 5.73 Å². The molecule has 1 aromatic heterocycles. The Hall–Kier alpha value is -1.60. The van der Waals surface area contributed by atoms with Crippen molar-refractivity contribution >= 4 is 24.0 Å². The lowest BCUT2D eigenvalue weighted by atomic mass is 9.87. The van der Waals surface area contributed by atoms with Crippen molar-refractivity contribution < 1.29 is 0 Å². The number of nitriles is 1. The quantitative estimate of drug-likeness (QED) is 0.933. The average molecular weight is 322 g/mol. The summed E-state index contributed by atoms with van der Waals surface area (Å²) in [6.07, 6.45) is 4.11. The van der Waals surface area contributed by atoms with E-state index in [0.29, 0.717) is 5.56 Å². The Bertz CT molecular complexity index is 635. The van der Waals surface area contributed by atoms with E-state index < -0.39 is 0 Å². The fraction of sp³-hybridized carbons (Fsp3) is 0.250. The Labute approximate surface area is 136 Å². The smallest absolute Gasteiger partial charge is 0.101 e.